The van der Waals surface area contributed by atoms with Crippen molar-refractivity contribution in [3.8, 4) is 11.1 Å². The number of pyridine rings is 1. The number of benzene rings is 1. The molecular weight excluding hydrogens is 339 g/mol. The van der Waals surface area contributed by atoms with Crippen molar-refractivity contribution in [1.29, 1.82) is 0 Å². The maximum Gasteiger partial charge on any atom is 0.254 e. The number of halogens is 1. The minimum Gasteiger partial charge on any atom is -0.355 e. The third kappa shape index (κ3) is 2.38. The molecule has 18 heavy (non-hydrogen) atoms. The number of amides is 1. The highest BCUT2D eigenvalue weighted by atomic mass is 127. The summed E-state index contributed by atoms with van der Waals surface area (Å²) in [5.41, 5.74) is 3.77. The number of nitrogens with one attached hydrogen (secondary N) is 1. The van der Waals surface area contributed by atoms with Crippen molar-refractivity contribution >= 4 is 28.5 Å². The molecule has 0 saturated carbocycles. The summed E-state index contributed by atoms with van der Waals surface area (Å²) >= 11 is 2.09. The van der Waals surface area contributed by atoms with Gasteiger partial charge in [-0.1, -0.05) is 24.3 Å². The molecule has 1 heterocycles. The largest absolute Gasteiger partial charge is 0.355 e. The summed E-state index contributed by atoms with van der Waals surface area (Å²) in [6.07, 6.45) is 1.73. The molecule has 0 aliphatic carbocycles. The molecule has 0 fully saturated rings. The fraction of sp³-hybridized carbons (Fsp3) is 0.143. The third-order valence-corrected chi connectivity index (χ3v) is 3.61. The standard InChI is InChI=1S/C14H13IN2O/c1-9-5-3-4-6-10(9)11-7-8-17-13(15)12(11)14(18)16-2/h3-8H,1-2H3,(H,16,18). The zero-order chi connectivity index (χ0) is 13.1. The molecule has 0 radical (unpaired) electrons. The number of carbonyl (C=O) groups excluding carboxylic acids is 1. The predicted octanol–water partition coefficient (Wildman–Crippen LogP) is 3.02. The van der Waals surface area contributed by atoms with E-state index < -0.39 is 0 Å². The zero-order valence-electron chi connectivity index (χ0n) is 10.2. The molecule has 0 aliphatic rings. The Hall–Kier alpha value is -1.43. The second-order valence-electron chi connectivity index (χ2n) is 3.92. The minimum absolute atomic E-state index is 0.106. The fourth-order valence-electron chi connectivity index (χ4n) is 1.88. The Balaban J connectivity index is 2.69. The molecule has 0 atom stereocenters. The molecule has 2 rings (SSSR count). The molecule has 1 amide bonds. The number of rotatable bonds is 2. The summed E-state index contributed by atoms with van der Waals surface area (Å²) < 4.78 is 0.715. The van der Waals surface area contributed by atoms with Crippen LogP contribution in [0.4, 0.5) is 0 Å². The highest BCUT2D eigenvalue weighted by Crippen LogP contribution is 2.28. The molecule has 0 saturated heterocycles. The van der Waals surface area contributed by atoms with Crippen LogP contribution in [0.15, 0.2) is 36.5 Å². The molecule has 1 N–H and O–H groups in total. The Morgan fingerprint density at radius 2 is 1.94 bits per heavy atom. The van der Waals surface area contributed by atoms with Crippen molar-refractivity contribution in [2.24, 2.45) is 0 Å². The van der Waals surface area contributed by atoms with E-state index in [1.807, 2.05) is 37.3 Å². The maximum absolute atomic E-state index is 12.0. The lowest BCUT2D eigenvalue weighted by molar-refractivity contribution is 0.0962. The lowest BCUT2D eigenvalue weighted by Crippen LogP contribution is -2.20. The van der Waals surface area contributed by atoms with E-state index in [0.717, 1.165) is 16.7 Å². The van der Waals surface area contributed by atoms with Crippen molar-refractivity contribution in [1.82, 2.24) is 10.3 Å². The quantitative estimate of drug-likeness (QED) is 0.667. The van der Waals surface area contributed by atoms with Gasteiger partial charge in [0.05, 0.1) is 5.56 Å². The van der Waals surface area contributed by atoms with Gasteiger partial charge >= 0.3 is 0 Å². The van der Waals surface area contributed by atoms with E-state index in [9.17, 15) is 4.79 Å². The van der Waals surface area contributed by atoms with Crippen LogP contribution in [-0.2, 0) is 0 Å². The molecule has 0 bridgehead atoms. The average Bonchev–Trinajstić information content (AvgIpc) is 2.38. The summed E-state index contributed by atoms with van der Waals surface area (Å²) in [6, 6.07) is 9.91. The van der Waals surface area contributed by atoms with Crippen molar-refractivity contribution in [2.75, 3.05) is 7.05 Å². The van der Waals surface area contributed by atoms with E-state index in [2.05, 4.69) is 32.9 Å². The van der Waals surface area contributed by atoms with Crippen molar-refractivity contribution < 1.29 is 4.79 Å². The Morgan fingerprint density at radius 1 is 1.22 bits per heavy atom. The maximum atomic E-state index is 12.0. The molecule has 3 nitrogen and oxygen atoms in total. The summed E-state index contributed by atoms with van der Waals surface area (Å²) in [5.74, 6) is -0.106. The molecule has 4 heteroatoms. The molecule has 0 spiro atoms. The molecule has 92 valence electrons. The second kappa shape index (κ2) is 5.48. The molecule has 0 aliphatic heterocycles. The van der Waals surface area contributed by atoms with E-state index in [-0.39, 0.29) is 5.91 Å². The summed E-state index contributed by atoms with van der Waals surface area (Å²) in [7, 11) is 1.63. The monoisotopic (exact) mass is 352 g/mol. The van der Waals surface area contributed by atoms with Gasteiger partial charge in [-0.25, -0.2) is 4.98 Å². The first-order valence-corrected chi connectivity index (χ1v) is 6.65. The van der Waals surface area contributed by atoms with Gasteiger partial charge in [0.1, 0.15) is 3.70 Å². The van der Waals surface area contributed by atoms with E-state index in [4.69, 9.17) is 0 Å². The van der Waals surface area contributed by atoms with Crippen molar-refractivity contribution in [3.05, 3.63) is 51.4 Å². The van der Waals surface area contributed by atoms with Crippen molar-refractivity contribution in [3.63, 3.8) is 0 Å². The van der Waals surface area contributed by atoms with Gasteiger partial charge < -0.3 is 5.32 Å². The first-order valence-electron chi connectivity index (χ1n) is 5.57. The summed E-state index contributed by atoms with van der Waals surface area (Å²) in [6.45, 7) is 2.04. The van der Waals surface area contributed by atoms with Gasteiger partial charge in [-0.2, -0.15) is 0 Å². The number of hydrogen-bond acceptors (Lipinski definition) is 2. The van der Waals surface area contributed by atoms with Crippen LogP contribution in [0.3, 0.4) is 0 Å². The van der Waals surface area contributed by atoms with E-state index in [1.54, 1.807) is 13.2 Å². The normalized spacial score (nSPS) is 10.2. The SMILES string of the molecule is CNC(=O)c1c(-c2ccccc2C)ccnc1I. The minimum atomic E-state index is -0.106. The van der Waals surface area contributed by atoms with Gasteiger partial charge in [0.25, 0.3) is 5.91 Å². The fourth-order valence-corrected chi connectivity index (χ4v) is 2.57. The van der Waals surface area contributed by atoms with Crippen LogP contribution in [0.2, 0.25) is 0 Å². The average molecular weight is 352 g/mol. The van der Waals surface area contributed by atoms with Crippen LogP contribution in [-0.4, -0.2) is 17.9 Å². The number of aromatic nitrogens is 1. The van der Waals surface area contributed by atoms with Gasteiger partial charge in [0.15, 0.2) is 0 Å². The van der Waals surface area contributed by atoms with Gasteiger partial charge in [-0.05, 0) is 52.3 Å². The van der Waals surface area contributed by atoms with Crippen molar-refractivity contribution in [2.45, 2.75) is 6.92 Å². The molecule has 1 aromatic carbocycles. The first-order chi connectivity index (χ1) is 8.65. The number of aryl methyl sites for hydroxylation is 1. The van der Waals surface area contributed by atoms with E-state index in [1.165, 1.54) is 0 Å². The van der Waals surface area contributed by atoms with Crippen LogP contribution in [0.1, 0.15) is 15.9 Å². The van der Waals surface area contributed by atoms with Gasteiger partial charge in [-0.3, -0.25) is 4.79 Å². The topological polar surface area (TPSA) is 42.0 Å². The highest BCUT2D eigenvalue weighted by molar-refractivity contribution is 14.1. The molecular formula is C14H13IN2O. The molecule has 1 aromatic heterocycles. The van der Waals surface area contributed by atoms with Gasteiger partial charge in [0, 0.05) is 13.2 Å². The Bertz CT molecular complexity index is 596. The lowest BCUT2D eigenvalue weighted by Gasteiger charge is -2.12. The van der Waals surface area contributed by atoms with Crippen LogP contribution in [0.25, 0.3) is 11.1 Å². The Labute approximate surface area is 120 Å². The third-order valence-electron chi connectivity index (χ3n) is 2.79. The zero-order valence-corrected chi connectivity index (χ0v) is 12.4. The van der Waals surface area contributed by atoms with Crippen LogP contribution in [0, 0.1) is 10.6 Å². The van der Waals surface area contributed by atoms with Crippen LogP contribution < -0.4 is 5.32 Å². The number of carbonyl (C=O) groups is 1. The molecule has 2 aromatic rings. The van der Waals surface area contributed by atoms with Gasteiger partial charge in [0.2, 0.25) is 0 Å². The number of hydrogen-bond donors (Lipinski definition) is 1. The van der Waals surface area contributed by atoms with Crippen LogP contribution in [0.5, 0.6) is 0 Å². The summed E-state index contributed by atoms with van der Waals surface area (Å²) in [5, 5.41) is 2.67. The lowest BCUT2D eigenvalue weighted by atomic mass is 9.97. The number of nitrogens with zero attached hydrogens (tertiary/aromatic N) is 1. The smallest absolute Gasteiger partial charge is 0.254 e. The predicted molar refractivity (Wildman–Crippen MR) is 80.5 cm³/mol. The van der Waals surface area contributed by atoms with Gasteiger partial charge in [-0.15, -0.1) is 0 Å². The summed E-state index contributed by atoms with van der Waals surface area (Å²) in [4.78, 5) is 16.2. The molecule has 0 unspecified atom stereocenters. The van der Waals surface area contributed by atoms with E-state index in [0.29, 0.717) is 9.26 Å². The highest BCUT2D eigenvalue weighted by Gasteiger charge is 2.16. The Morgan fingerprint density at radius 3 is 2.61 bits per heavy atom. The Kier molecular flexibility index (Phi) is 3.96. The second-order valence-corrected chi connectivity index (χ2v) is 4.94. The van der Waals surface area contributed by atoms with E-state index >= 15 is 0 Å². The first kappa shape index (κ1) is 13.0. The van der Waals surface area contributed by atoms with Crippen LogP contribution >= 0.6 is 22.6 Å².